The molecule has 3 aliphatic rings. The normalized spacial score (nSPS) is 20.0. The molecule has 2 aliphatic heterocycles. The first-order valence-electron chi connectivity index (χ1n) is 16.3. The highest BCUT2D eigenvalue weighted by atomic mass is 32.2. The van der Waals surface area contributed by atoms with Crippen LogP contribution in [0, 0.1) is 0 Å². The van der Waals surface area contributed by atoms with E-state index >= 15 is 0 Å². The van der Waals surface area contributed by atoms with Crippen LogP contribution < -0.4 is 19.7 Å². The highest BCUT2D eigenvalue weighted by Crippen LogP contribution is 2.52. The molecule has 2 atom stereocenters. The van der Waals surface area contributed by atoms with Crippen molar-refractivity contribution in [3.05, 3.63) is 150 Å². The number of benzene rings is 4. The molecule has 1 aromatic heterocycles. The molecule has 4 aromatic carbocycles. The van der Waals surface area contributed by atoms with Gasteiger partial charge in [-0.15, -0.1) is 11.3 Å². The monoisotopic (exact) mass is 683 g/mol. The molecule has 238 valence electrons. The summed E-state index contributed by atoms with van der Waals surface area (Å²) >= 11 is 7.95. The Kier molecular flexibility index (Phi) is 8.24. The van der Waals surface area contributed by atoms with Gasteiger partial charge in [-0.2, -0.15) is 0 Å². The van der Waals surface area contributed by atoms with Crippen molar-refractivity contribution >= 4 is 79.5 Å². The van der Waals surface area contributed by atoms with Crippen molar-refractivity contribution in [3.63, 3.8) is 0 Å². The molecule has 5 nitrogen and oxygen atoms in total. The number of aromatic amines is 1. The van der Waals surface area contributed by atoms with E-state index in [2.05, 4.69) is 119 Å². The average molecular weight is 684 g/mol. The van der Waals surface area contributed by atoms with Gasteiger partial charge in [-0.1, -0.05) is 109 Å². The second-order valence-corrected chi connectivity index (χ2v) is 15.0. The van der Waals surface area contributed by atoms with Crippen molar-refractivity contribution in [1.82, 2.24) is 9.88 Å². The first-order valence-corrected chi connectivity index (χ1v) is 18.4. The molecule has 3 heterocycles. The summed E-state index contributed by atoms with van der Waals surface area (Å²) in [6.07, 6.45) is 7.73. The van der Waals surface area contributed by atoms with Crippen LogP contribution in [0.3, 0.4) is 0 Å². The average Bonchev–Trinajstić information content (AvgIpc) is 3.87. The quantitative estimate of drug-likeness (QED) is 0.147. The number of thiocarbonyl (C=S) groups is 1. The molecule has 48 heavy (non-hydrogen) atoms. The third-order valence-corrected chi connectivity index (χ3v) is 12.1. The lowest BCUT2D eigenvalue weighted by Gasteiger charge is -2.27. The number of carbonyl (C=O) groups excluding carboxylic acids is 1. The fraction of sp³-hybridized carbons (Fsp3) is 0.175. The SMILES string of the molecule is CCN1C(=O)/C(=c2/[nH]c(=O)/c(=C/c3ccc4c(c3)C3CCCC3N4c3ccc(C=C(c4ccccc4)c4ccccc4)cc3)s2)SC1=S. The maximum Gasteiger partial charge on any atom is 0.269 e. The van der Waals surface area contributed by atoms with Crippen LogP contribution in [0.1, 0.15) is 59.9 Å². The van der Waals surface area contributed by atoms with E-state index in [0.29, 0.717) is 36.9 Å². The number of hydrogen-bond donors (Lipinski definition) is 1. The Balaban J connectivity index is 1.12. The van der Waals surface area contributed by atoms with Crippen molar-refractivity contribution in [2.24, 2.45) is 0 Å². The van der Waals surface area contributed by atoms with Gasteiger partial charge in [-0.05, 0) is 89.6 Å². The lowest BCUT2D eigenvalue weighted by molar-refractivity contribution is -0.120. The molecule has 0 bridgehead atoms. The number of rotatable bonds is 6. The summed E-state index contributed by atoms with van der Waals surface area (Å²) in [5, 5.41) is 0. The molecule has 8 heteroatoms. The van der Waals surface area contributed by atoms with Crippen LogP contribution in [0.2, 0.25) is 0 Å². The van der Waals surface area contributed by atoms with Crippen LogP contribution >= 0.6 is 35.3 Å². The molecular weight excluding hydrogens is 651 g/mol. The zero-order chi connectivity index (χ0) is 32.8. The number of nitrogens with zero attached hydrogens (tertiary/aromatic N) is 2. The van der Waals surface area contributed by atoms with E-state index < -0.39 is 0 Å². The zero-order valence-corrected chi connectivity index (χ0v) is 28.8. The molecule has 0 spiro atoms. The molecule has 2 fully saturated rings. The molecular formula is C40H33N3O2S3. The molecule has 2 unspecified atom stereocenters. The van der Waals surface area contributed by atoms with Crippen LogP contribution in [0.5, 0.6) is 0 Å². The molecule has 5 aromatic rings. The Morgan fingerprint density at radius 2 is 1.58 bits per heavy atom. The van der Waals surface area contributed by atoms with Gasteiger partial charge in [0.15, 0.2) is 0 Å². The van der Waals surface area contributed by atoms with Crippen LogP contribution in [-0.2, 0) is 4.79 Å². The number of nitrogens with one attached hydrogen (secondary N) is 1. The summed E-state index contributed by atoms with van der Waals surface area (Å²) in [5.74, 6) is 0.315. The topological polar surface area (TPSA) is 56.4 Å². The predicted molar refractivity (Wildman–Crippen MR) is 204 cm³/mol. The van der Waals surface area contributed by atoms with Crippen molar-refractivity contribution < 1.29 is 4.79 Å². The number of anilines is 2. The van der Waals surface area contributed by atoms with Crippen molar-refractivity contribution in [2.45, 2.75) is 38.1 Å². The van der Waals surface area contributed by atoms with E-state index in [9.17, 15) is 9.59 Å². The lowest BCUT2D eigenvalue weighted by atomic mass is 9.95. The largest absolute Gasteiger partial charge is 0.338 e. The van der Waals surface area contributed by atoms with Crippen LogP contribution in [0.15, 0.2) is 108 Å². The minimum Gasteiger partial charge on any atom is -0.338 e. The summed E-state index contributed by atoms with van der Waals surface area (Å²) < 4.78 is 1.68. The first-order chi connectivity index (χ1) is 23.5. The molecule has 8 rings (SSSR count). The number of thiazole rings is 1. The third kappa shape index (κ3) is 5.57. The van der Waals surface area contributed by atoms with Gasteiger partial charge in [-0.3, -0.25) is 14.5 Å². The fourth-order valence-electron chi connectivity index (χ4n) is 7.27. The molecule has 1 amide bonds. The number of carbonyl (C=O) groups is 1. The first kappa shape index (κ1) is 30.8. The maximum atomic E-state index is 13.0. The standard InChI is InChI=1S/C40H33N3O2S3/c1-2-42-39(45)36(48-40(42)46)38-41-37(44)35(47-38)24-26-18-21-34-32(23-26)30-14-9-15-33(30)43(34)29-19-16-25(17-20-29)22-31(27-10-5-3-6-11-27)28-12-7-4-8-13-28/h3-8,10-13,16-24,30,33H,2,9,14-15H2,1H3,(H,41,44)/b35-24-,38-36+. The van der Waals surface area contributed by atoms with Gasteiger partial charge >= 0.3 is 0 Å². The number of amides is 1. The van der Waals surface area contributed by atoms with Crippen LogP contribution in [-0.4, -0.2) is 32.7 Å². The van der Waals surface area contributed by atoms with Gasteiger partial charge in [0.2, 0.25) is 0 Å². The predicted octanol–water partition coefficient (Wildman–Crippen LogP) is 7.63. The second-order valence-electron chi connectivity index (χ2n) is 12.3. The van der Waals surface area contributed by atoms with Gasteiger partial charge in [0.05, 0.1) is 4.53 Å². The molecule has 1 saturated heterocycles. The maximum absolute atomic E-state index is 13.0. The van der Waals surface area contributed by atoms with E-state index in [4.69, 9.17) is 12.2 Å². The van der Waals surface area contributed by atoms with Crippen LogP contribution in [0.25, 0.3) is 22.6 Å². The van der Waals surface area contributed by atoms with E-state index in [1.165, 1.54) is 63.2 Å². The summed E-state index contributed by atoms with van der Waals surface area (Å²) in [7, 11) is 0. The zero-order valence-electron chi connectivity index (χ0n) is 26.4. The number of hydrogen-bond acceptors (Lipinski definition) is 6. The Bertz CT molecular complexity index is 2210. The highest BCUT2D eigenvalue weighted by Gasteiger charge is 2.42. The number of thioether (sulfide) groups is 1. The van der Waals surface area contributed by atoms with Crippen molar-refractivity contribution in [3.8, 4) is 0 Å². The van der Waals surface area contributed by atoms with E-state index in [0.717, 1.165) is 24.0 Å². The number of aromatic nitrogens is 1. The van der Waals surface area contributed by atoms with Crippen molar-refractivity contribution in [1.29, 1.82) is 0 Å². The van der Waals surface area contributed by atoms with Crippen molar-refractivity contribution in [2.75, 3.05) is 11.4 Å². The number of fused-ring (bicyclic) bond motifs is 3. The smallest absolute Gasteiger partial charge is 0.269 e. The van der Waals surface area contributed by atoms with E-state index in [-0.39, 0.29) is 11.5 Å². The van der Waals surface area contributed by atoms with Gasteiger partial charge in [0.25, 0.3) is 11.5 Å². The molecule has 1 saturated carbocycles. The van der Waals surface area contributed by atoms with Crippen LogP contribution in [0.4, 0.5) is 11.4 Å². The minimum atomic E-state index is -0.186. The summed E-state index contributed by atoms with van der Waals surface area (Å²) in [6, 6.07) is 37.1. The van der Waals surface area contributed by atoms with E-state index in [1.807, 2.05) is 13.0 Å². The Morgan fingerprint density at radius 3 is 2.25 bits per heavy atom. The second kappa shape index (κ2) is 12.8. The Hall–Kier alpha value is -4.50. The highest BCUT2D eigenvalue weighted by molar-refractivity contribution is 8.30. The molecule has 1 N–H and O–H groups in total. The van der Waals surface area contributed by atoms with E-state index in [1.54, 1.807) is 4.90 Å². The third-order valence-electron chi connectivity index (χ3n) is 9.51. The Morgan fingerprint density at radius 1 is 0.896 bits per heavy atom. The van der Waals surface area contributed by atoms with Gasteiger partial charge < -0.3 is 9.88 Å². The van der Waals surface area contributed by atoms with Gasteiger partial charge in [0.1, 0.15) is 13.9 Å². The van der Waals surface area contributed by atoms with Gasteiger partial charge in [0, 0.05) is 29.9 Å². The van der Waals surface area contributed by atoms with Gasteiger partial charge in [-0.25, -0.2) is 0 Å². The summed E-state index contributed by atoms with van der Waals surface area (Å²) in [5.41, 5.74) is 9.36. The molecule has 1 aliphatic carbocycles. The lowest BCUT2D eigenvalue weighted by Crippen LogP contribution is -2.28. The molecule has 0 radical (unpaired) electrons. The fourth-order valence-corrected chi connectivity index (χ4v) is 9.70. The number of H-pyrrole nitrogens is 1. The summed E-state index contributed by atoms with van der Waals surface area (Å²) in [6.45, 7) is 2.41. The summed E-state index contributed by atoms with van der Waals surface area (Å²) in [4.78, 5) is 33.3. The minimum absolute atomic E-state index is 0.140. The Labute approximate surface area is 293 Å².